The number of nitrogens with zero attached hydrogens (tertiary/aromatic N) is 1. The third-order valence-electron chi connectivity index (χ3n) is 3.95. The van der Waals surface area contributed by atoms with Gasteiger partial charge in [0.15, 0.2) is 0 Å². The summed E-state index contributed by atoms with van der Waals surface area (Å²) in [6, 6.07) is 6.37. The van der Waals surface area contributed by atoms with E-state index in [-0.39, 0.29) is 10.9 Å². The quantitative estimate of drug-likeness (QED) is 0.864. The zero-order valence-corrected chi connectivity index (χ0v) is 13.4. The molecule has 118 valence electrons. The number of likely N-dealkylation sites (N-methyl/N-ethyl adjacent to an activating group) is 1. The summed E-state index contributed by atoms with van der Waals surface area (Å²) in [5, 5.41) is 9.46. The van der Waals surface area contributed by atoms with Crippen LogP contribution in [0.1, 0.15) is 38.4 Å². The van der Waals surface area contributed by atoms with Gasteiger partial charge in [-0.05, 0) is 50.6 Å². The molecule has 0 spiro atoms. The van der Waals surface area contributed by atoms with E-state index in [9.17, 15) is 13.5 Å². The smallest absolute Gasteiger partial charge is 0.240 e. The van der Waals surface area contributed by atoms with Crippen molar-refractivity contribution in [2.75, 3.05) is 19.6 Å². The Kier molecular flexibility index (Phi) is 5.37. The minimum Gasteiger partial charge on any atom is -0.389 e. The average Bonchev–Trinajstić information content (AvgIpc) is 2.47. The number of piperidine rings is 1. The van der Waals surface area contributed by atoms with E-state index < -0.39 is 16.1 Å². The van der Waals surface area contributed by atoms with Crippen molar-refractivity contribution >= 4 is 10.0 Å². The molecule has 2 atom stereocenters. The van der Waals surface area contributed by atoms with Crippen molar-refractivity contribution in [3.05, 3.63) is 29.8 Å². The predicted octanol–water partition coefficient (Wildman–Crippen LogP) is 1.50. The van der Waals surface area contributed by atoms with Crippen molar-refractivity contribution in [1.29, 1.82) is 0 Å². The van der Waals surface area contributed by atoms with Gasteiger partial charge in [-0.1, -0.05) is 19.1 Å². The minimum absolute atomic E-state index is 0.0276. The SMILES string of the molecule is CCN1CCCC(NS(=O)(=O)c2ccc(C(C)O)cc2)C1. The zero-order valence-electron chi connectivity index (χ0n) is 12.6. The Morgan fingerprint density at radius 1 is 1.38 bits per heavy atom. The van der Waals surface area contributed by atoms with Crippen LogP contribution in [-0.2, 0) is 10.0 Å². The van der Waals surface area contributed by atoms with Gasteiger partial charge in [0.1, 0.15) is 0 Å². The van der Waals surface area contributed by atoms with Crippen LogP contribution in [0.2, 0.25) is 0 Å². The van der Waals surface area contributed by atoms with Crippen molar-refractivity contribution in [2.24, 2.45) is 0 Å². The van der Waals surface area contributed by atoms with Crippen LogP contribution in [0, 0.1) is 0 Å². The third-order valence-corrected chi connectivity index (χ3v) is 5.48. The summed E-state index contributed by atoms with van der Waals surface area (Å²) in [5.41, 5.74) is 0.712. The lowest BCUT2D eigenvalue weighted by molar-refractivity contribution is 0.199. The molecule has 2 unspecified atom stereocenters. The molecule has 1 aliphatic rings. The molecule has 2 N–H and O–H groups in total. The highest BCUT2D eigenvalue weighted by Crippen LogP contribution is 2.17. The van der Waals surface area contributed by atoms with Crippen molar-refractivity contribution < 1.29 is 13.5 Å². The van der Waals surface area contributed by atoms with Gasteiger partial charge in [-0.15, -0.1) is 0 Å². The molecule has 0 bridgehead atoms. The molecular weight excluding hydrogens is 288 g/mol. The molecule has 5 nitrogen and oxygen atoms in total. The molecule has 2 rings (SSSR count). The van der Waals surface area contributed by atoms with E-state index in [2.05, 4.69) is 16.5 Å². The first-order valence-electron chi connectivity index (χ1n) is 7.45. The van der Waals surface area contributed by atoms with E-state index in [1.165, 1.54) is 0 Å². The van der Waals surface area contributed by atoms with Crippen LogP contribution in [-0.4, -0.2) is 44.1 Å². The molecular formula is C15H24N2O3S. The predicted molar refractivity (Wildman–Crippen MR) is 82.5 cm³/mol. The van der Waals surface area contributed by atoms with E-state index in [0.29, 0.717) is 5.56 Å². The van der Waals surface area contributed by atoms with Crippen LogP contribution in [0.25, 0.3) is 0 Å². The number of nitrogens with one attached hydrogen (secondary N) is 1. The molecule has 1 heterocycles. The van der Waals surface area contributed by atoms with E-state index in [0.717, 1.165) is 32.5 Å². The second-order valence-electron chi connectivity index (χ2n) is 5.60. The summed E-state index contributed by atoms with van der Waals surface area (Å²) in [4.78, 5) is 2.51. The fourth-order valence-corrected chi connectivity index (χ4v) is 3.91. The highest BCUT2D eigenvalue weighted by molar-refractivity contribution is 7.89. The van der Waals surface area contributed by atoms with Gasteiger partial charge in [-0.2, -0.15) is 0 Å². The Labute approximate surface area is 127 Å². The van der Waals surface area contributed by atoms with Gasteiger partial charge in [-0.3, -0.25) is 0 Å². The van der Waals surface area contributed by atoms with Crippen LogP contribution >= 0.6 is 0 Å². The molecule has 1 fully saturated rings. The fraction of sp³-hybridized carbons (Fsp3) is 0.600. The van der Waals surface area contributed by atoms with Gasteiger partial charge in [-0.25, -0.2) is 13.1 Å². The summed E-state index contributed by atoms with van der Waals surface area (Å²) in [5.74, 6) is 0. The number of likely N-dealkylation sites (tertiary alicyclic amines) is 1. The summed E-state index contributed by atoms with van der Waals surface area (Å²) >= 11 is 0. The normalized spacial score (nSPS) is 22.1. The number of hydrogen-bond donors (Lipinski definition) is 2. The third kappa shape index (κ3) is 4.26. The van der Waals surface area contributed by atoms with Crippen LogP contribution in [0.4, 0.5) is 0 Å². The Hall–Kier alpha value is -0.950. The minimum atomic E-state index is -3.49. The molecule has 0 aliphatic carbocycles. The molecule has 6 heteroatoms. The van der Waals surface area contributed by atoms with Crippen molar-refractivity contribution in [1.82, 2.24) is 9.62 Å². The van der Waals surface area contributed by atoms with Crippen molar-refractivity contribution in [2.45, 2.75) is 43.7 Å². The first kappa shape index (κ1) is 16.4. The Bertz CT molecular complexity index is 555. The summed E-state index contributed by atoms with van der Waals surface area (Å²) in [6.45, 7) is 6.50. The topological polar surface area (TPSA) is 69.6 Å². The number of aliphatic hydroxyl groups is 1. The number of sulfonamides is 1. The van der Waals surface area contributed by atoms with Crippen molar-refractivity contribution in [3.63, 3.8) is 0 Å². The Balaban J connectivity index is 2.07. The maximum atomic E-state index is 12.4. The second-order valence-corrected chi connectivity index (χ2v) is 7.31. The molecule has 21 heavy (non-hydrogen) atoms. The monoisotopic (exact) mass is 312 g/mol. The van der Waals surface area contributed by atoms with E-state index in [1.54, 1.807) is 31.2 Å². The number of benzene rings is 1. The van der Waals surface area contributed by atoms with E-state index in [4.69, 9.17) is 0 Å². The second kappa shape index (κ2) is 6.87. The molecule has 1 aliphatic heterocycles. The highest BCUT2D eigenvalue weighted by atomic mass is 32.2. The van der Waals surface area contributed by atoms with Gasteiger partial charge >= 0.3 is 0 Å². The van der Waals surface area contributed by atoms with E-state index >= 15 is 0 Å². The van der Waals surface area contributed by atoms with Gasteiger partial charge in [0.2, 0.25) is 10.0 Å². The molecule has 1 saturated heterocycles. The number of aliphatic hydroxyl groups excluding tert-OH is 1. The molecule has 0 radical (unpaired) electrons. The van der Waals surface area contributed by atoms with Crippen LogP contribution in [0.5, 0.6) is 0 Å². The van der Waals surface area contributed by atoms with Crippen LogP contribution < -0.4 is 4.72 Å². The first-order chi connectivity index (χ1) is 9.92. The fourth-order valence-electron chi connectivity index (χ4n) is 2.65. The average molecular weight is 312 g/mol. The Morgan fingerprint density at radius 3 is 2.62 bits per heavy atom. The van der Waals surface area contributed by atoms with Gasteiger partial charge in [0.05, 0.1) is 11.0 Å². The Morgan fingerprint density at radius 2 is 2.05 bits per heavy atom. The summed E-state index contributed by atoms with van der Waals surface area (Å²) < 4.78 is 27.6. The van der Waals surface area contributed by atoms with Gasteiger partial charge < -0.3 is 10.0 Å². The maximum absolute atomic E-state index is 12.4. The number of rotatable bonds is 5. The molecule has 0 saturated carbocycles. The maximum Gasteiger partial charge on any atom is 0.240 e. The summed E-state index contributed by atoms with van der Waals surface area (Å²) in [6.07, 6.45) is 1.30. The lowest BCUT2D eigenvalue weighted by Crippen LogP contribution is -2.47. The van der Waals surface area contributed by atoms with Crippen LogP contribution in [0.3, 0.4) is 0 Å². The molecule has 0 amide bonds. The van der Waals surface area contributed by atoms with Gasteiger partial charge in [0, 0.05) is 12.6 Å². The molecule has 0 aromatic heterocycles. The standard InChI is InChI=1S/C15H24N2O3S/c1-3-17-10-4-5-14(11-17)16-21(19,20)15-8-6-13(7-9-15)12(2)18/h6-9,12,14,16,18H,3-5,10-11H2,1-2H3. The lowest BCUT2D eigenvalue weighted by Gasteiger charge is -2.32. The molecule has 1 aromatic carbocycles. The van der Waals surface area contributed by atoms with Crippen molar-refractivity contribution in [3.8, 4) is 0 Å². The number of hydrogen-bond acceptors (Lipinski definition) is 4. The summed E-state index contributed by atoms with van der Waals surface area (Å²) in [7, 11) is -3.49. The highest BCUT2D eigenvalue weighted by Gasteiger charge is 2.24. The van der Waals surface area contributed by atoms with Gasteiger partial charge in [0.25, 0.3) is 0 Å². The van der Waals surface area contributed by atoms with E-state index in [1.807, 2.05) is 0 Å². The molecule has 1 aromatic rings. The van der Waals surface area contributed by atoms with Crippen LogP contribution in [0.15, 0.2) is 29.2 Å². The lowest BCUT2D eigenvalue weighted by atomic mass is 10.1. The zero-order chi connectivity index (χ0) is 15.5. The largest absolute Gasteiger partial charge is 0.389 e. The first-order valence-corrected chi connectivity index (χ1v) is 8.93.